The molecule has 2 fully saturated rings. The van der Waals surface area contributed by atoms with Crippen LogP contribution in [0.5, 0.6) is 0 Å². The van der Waals surface area contributed by atoms with E-state index in [2.05, 4.69) is 40.3 Å². The summed E-state index contributed by atoms with van der Waals surface area (Å²) in [5.41, 5.74) is 5.33. The smallest absolute Gasteiger partial charge is 0.248 e. The summed E-state index contributed by atoms with van der Waals surface area (Å²) >= 11 is 0. The van der Waals surface area contributed by atoms with Gasteiger partial charge in [-0.05, 0) is 86.5 Å². The Kier molecular flexibility index (Phi) is 8.21. The number of fused-ring (bicyclic) bond motifs is 1. The van der Waals surface area contributed by atoms with Gasteiger partial charge in [-0.2, -0.15) is 4.31 Å². The molecular formula is C30H38N4O4S. The third kappa shape index (κ3) is 5.95. The molecule has 2 N–H and O–H groups in total. The van der Waals surface area contributed by atoms with Crippen molar-refractivity contribution >= 4 is 27.4 Å². The van der Waals surface area contributed by atoms with Gasteiger partial charge in [-0.25, -0.2) is 8.42 Å². The molecule has 5 rings (SSSR count). The Bertz CT molecular complexity index is 1350. The van der Waals surface area contributed by atoms with Gasteiger partial charge >= 0.3 is 0 Å². The van der Waals surface area contributed by atoms with Crippen LogP contribution in [0.1, 0.15) is 60.4 Å². The van der Waals surface area contributed by atoms with Crippen LogP contribution < -0.4 is 10.6 Å². The summed E-state index contributed by atoms with van der Waals surface area (Å²) in [4.78, 5) is 28.9. The van der Waals surface area contributed by atoms with Crippen LogP contribution in [0.25, 0.3) is 5.57 Å². The normalized spacial score (nSPS) is 22.5. The van der Waals surface area contributed by atoms with Crippen molar-refractivity contribution in [2.45, 2.75) is 62.4 Å². The molecule has 3 aliphatic rings. The minimum atomic E-state index is -4.04. The molecule has 8 nitrogen and oxygen atoms in total. The summed E-state index contributed by atoms with van der Waals surface area (Å²) in [6.45, 7) is 9.50. The van der Waals surface area contributed by atoms with Gasteiger partial charge in [-0.1, -0.05) is 48.9 Å². The summed E-state index contributed by atoms with van der Waals surface area (Å²) in [5.74, 6) is -1.20. The highest BCUT2D eigenvalue weighted by molar-refractivity contribution is 7.89. The van der Waals surface area contributed by atoms with Crippen molar-refractivity contribution in [2.24, 2.45) is 0 Å². The van der Waals surface area contributed by atoms with Crippen LogP contribution in [0.15, 0.2) is 53.9 Å². The molecule has 1 aliphatic carbocycles. The number of hydrogen-bond donors (Lipinski definition) is 2. The largest absolute Gasteiger partial charge is 0.353 e. The van der Waals surface area contributed by atoms with Gasteiger partial charge in [-0.3, -0.25) is 14.5 Å². The van der Waals surface area contributed by atoms with Crippen molar-refractivity contribution in [3.8, 4) is 0 Å². The van der Waals surface area contributed by atoms with E-state index in [0.717, 1.165) is 65.5 Å². The van der Waals surface area contributed by atoms with E-state index in [1.165, 1.54) is 37.0 Å². The van der Waals surface area contributed by atoms with E-state index < -0.39 is 27.9 Å². The lowest BCUT2D eigenvalue weighted by atomic mass is 9.85. The predicted molar refractivity (Wildman–Crippen MR) is 151 cm³/mol. The first-order valence-corrected chi connectivity index (χ1v) is 15.4. The molecule has 0 bridgehead atoms. The van der Waals surface area contributed by atoms with Gasteiger partial charge in [0.2, 0.25) is 21.8 Å². The number of amides is 2. The zero-order chi connectivity index (χ0) is 27.6. The molecule has 2 aromatic carbocycles. The predicted octanol–water partition coefficient (Wildman–Crippen LogP) is 3.18. The van der Waals surface area contributed by atoms with Crippen LogP contribution in [-0.4, -0.2) is 68.2 Å². The number of sulfonamides is 1. The van der Waals surface area contributed by atoms with Crippen LogP contribution in [0.3, 0.4) is 0 Å². The zero-order valence-corrected chi connectivity index (χ0v) is 23.4. The quantitative estimate of drug-likeness (QED) is 0.516. The first-order valence-electron chi connectivity index (χ1n) is 13.9. The number of nitrogens with zero attached hydrogens (tertiary/aromatic N) is 2. The van der Waals surface area contributed by atoms with Crippen molar-refractivity contribution in [1.82, 2.24) is 19.8 Å². The van der Waals surface area contributed by atoms with Crippen LogP contribution in [0.4, 0.5) is 0 Å². The Morgan fingerprint density at radius 2 is 1.79 bits per heavy atom. The van der Waals surface area contributed by atoms with Crippen molar-refractivity contribution in [2.75, 3.05) is 32.7 Å². The second-order valence-electron chi connectivity index (χ2n) is 10.9. The summed E-state index contributed by atoms with van der Waals surface area (Å²) < 4.78 is 27.9. The van der Waals surface area contributed by atoms with Gasteiger partial charge < -0.3 is 10.6 Å². The highest BCUT2D eigenvalue weighted by atomic mass is 32.2. The van der Waals surface area contributed by atoms with Gasteiger partial charge in [0.25, 0.3) is 0 Å². The summed E-state index contributed by atoms with van der Waals surface area (Å²) in [7, 11) is -4.04. The minimum absolute atomic E-state index is 0.0315. The molecule has 208 valence electrons. The van der Waals surface area contributed by atoms with Crippen molar-refractivity contribution in [3.05, 3.63) is 71.3 Å². The molecule has 2 saturated heterocycles. The van der Waals surface area contributed by atoms with Gasteiger partial charge in [0.15, 0.2) is 6.04 Å². The summed E-state index contributed by atoms with van der Waals surface area (Å²) in [6.07, 6.45) is 6.30. The average Bonchev–Trinajstić information content (AvgIpc) is 2.93. The molecule has 1 unspecified atom stereocenters. The maximum absolute atomic E-state index is 13.5. The maximum atomic E-state index is 13.5. The number of likely N-dealkylation sites (tertiary alicyclic amines) is 1. The third-order valence-electron chi connectivity index (χ3n) is 8.09. The van der Waals surface area contributed by atoms with E-state index >= 15 is 0 Å². The van der Waals surface area contributed by atoms with E-state index in [1.54, 1.807) is 12.1 Å². The van der Waals surface area contributed by atoms with Gasteiger partial charge in [-0.15, -0.1) is 0 Å². The Balaban J connectivity index is 1.33. The number of piperidine rings is 1. The van der Waals surface area contributed by atoms with Crippen molar-refractivity contribution < 1.29 is 18.0 Å². The lowest BCUT2D eigenvalue weighted by molar-refractivity contribution is -0.137. The molecule has 2 heterocycles. The van der Waals surface area contributed by atoms with Crippen LogP contribution in [0, 0.1) is 6.92 Å². The molecule has 0 aromatic heterocycles. The number of nitrogens with one attached hydrogen (secondary N) is 2. The molecule has 2 aromatic rings. The minimum Gasteiger partial charge on any atom is -0.353 e. The van der Waals surface area contributed by atoms with E-state index in [0.29, 0.717) is 0 Å². The Hall–Kier alpha value is -3.01. The van der Waals surface area contributed by atoms with E-state index in [-0.39, 0.29) is 24.0 Å². The van der Waals surface area contributed by atoms with Crippen LogP contribution in [-0.2, 0) is 26.0 Å². The monoisotopic (exact) mass is 550 g/mol. The van der Waals surface area contributed by atoms with Crippen LogP contribution >= 0.6 is 0 Å². The fourth-order valence-corrected chi connectivity index (χ4v) is 7.47. The number of carbonyl (C=O) groups is 2. The third-order valence-corrected chi connectivity index (χ3v) is 9.97. The number of benzene rings is 2. The zero-order valence-electron chi connectivity index (χ0n) is 22.6. The topological polar surface area (TPSA) is 98.8 Å². The van der Waals surface area contributed by atoms with E-state index in [9.17, 15) is 18.0 Å². The molecule has 0 saturated carbocycles. The van der Waals surface area contributed by atoms with Gasteiger partial charge in [0, 0.05) is 19.6 Å². The average molecular weight is 551 g/mol. The van der Waals surface area contributed by atoms with Gasteiger partial charge in [0.1, 0.15) is 0 Å². The van der Waals surface area contributed by atoms with Crippen molar-refractivity contribution in [3.63, 3.8) is 0 Å². The first-order chi connectivity index (χ1) is 18.7. The highest BCUT2D eigenvalue weighted by Crippen LogP contribution is 2.32. The molecule has 9 heteroatoms. The number of carbonyl (C=O) groups excluding carboxylic acids is 2. The number of piperazine rings is 1. The molecular weight excluding hydrogens is 512 g/mol. The SMILES string of the molecule is C=C(CN1CCCCC1)c1ccc2c(c1)CCC[C@H]2NC(=O)C1C(=O)NCCN1S(=O)(=O)c1ccc(C)cc1. The fourth-order valence-electron chi connectivity index (χ4n) is 5.91. The Labute approximate surface area is 231 Å². The number of aryl methyl sites for hydroxylation is 2. The Morgan fingerprint density at radius 1 is 1.05 bits per heavy atom. The number of hydrogen-bond acceptors (Lipinski definition) is 5. The second kappa shape index (κ2) is 11.6. The van der Waals surface area contributed by atoms with Crippen molar-refractivity contribution in [1.29, 1.82) is 0 Å². The molecule has 0 radical (unpaired) electrons. The highest BCUT2D eigenvalue weighted by Gasteiger charge is 2.43. The molecule has 2 aliphatic heterocycles. The standard InChI is InChI=1S/C30H38N4O4S/c1-21-9-12-25(13-10-21)39(37,38)34-18-15-31-29(35)28(34)30(36)32-27-8-6-7-24-19-23(11-14-26(24)27)22(2)20-33-16-4-3-5-17-33/h9-14,19,27-28H,2-8,15-18,20H2,1H3,(H,31,35)(H,32,36)/t27-,28?/m1/s1. The maximum Gasteiger partial charge on any atom is 0.248 e. The summed E-state index contributed by atoms with van der Waals surface area (Å²) in [6, 6.07) is 11.0. The second-order valence-corrected chi connectivity index (χ2v) is 12.8. The lowest BCUT2D eigenvalue weighted by Crippen LogP contribution is -2.62. The first kappa shape index (κ1) is 27.6. The van der Waals surface area contributed by atoms with Crippen LogP contribution in [0.2, 0.25) is 0 Å². The number of rotatable bonds is 7. The fraction of sp³-hybridized carbons (Fsp3) is 0.467. The van der Waals surface area contributed by atoms with E-state index in [1.807, 2.05) is 6.92 Å². The van der Waals surface area contributed by atoms with E-state index in [4.69, 9.17) is 0 Å². The van der Waals surface area contributed by atoms with Gasteiger partial charge in [0.05, 0.1) is 10.9 Å². The molecule has 2 atom stereocenters. The molecule has 2 amide bonds. The Morgan fingerprint density at radius 3 is 2.54 bits per heavy atom. The molecule has 0 spiro atoms. The lowest BCUT2D eigenvalue weighted by Gasteiger charge is -2.35. The molecule has 39 heavy (non-hydrogen) atoms. The summed E-state index contributed by atoms with van der Waals surface area (Å²) in [5, 5.41) is 5.68.